The number of hydrogen-bond donors (Lipinski definition) is 1. The van der Waals surface area contributed by atoms with Crippen LogP contribution in [-0.2, 0) is 20.7 Å². The fourth-order valence-corrected chi connectivity index (χ4v) is 3.41. The van der Waals surface area contributed by atoms with Crippen LogP contribution in [0.5, 0.6) is 0 Å². The zero-order valence-electron chi connectivity index (χ0n) is 16.1. The number of thioether (sulfide) groups is 1. The van der Waals surface area contributed by atoms with Gasteiger partial charge in [-0.1, -0.05) is 48.5 Å². The third kappa shape index (κ3) is 7.47. The topological polar surface area (TPSA) is 55.4 Å². The Balaban J connectivity index is 1.70. The van der Waals surface area contributed by atoms with Crippen LogP contribution in [0.1, 0.15) is 31.4 Å². The first-order valence-corrected chi connectivity index (χ1v) is 10.2. The molecule has 0 saturated carbocycles. The number of carbonyl (C=O) groups is 2. The van der Waals surface area contributed by atoms with Gasteiger partial charge in [0.15, 0.2) is 6.10 Å². The van der Waals surface area contributed by atoms with Crippen LogP contribution in [0.3, 0.4) is 0 Å². The highest BCUT2D eigenvalue weighted by molar-refractivity contribution is 8.00. The molecular weight excluding hydrogens is 358 g/mol. The van der Waals surface area contributed by atoms with Gasteiger partial charge >= 0.3 is 5.97 Å². The molecule has 1 N–H and O–H groups in total. The van der Waals surface area contributed by atoms with Crippen molar-refractivity contribution in [2.24, 2.45) is 0 Å². The number of carbonyl (C=O) groups excluding carboxylic acids is 2. The molecule has 0 fully saturated rings. The third-order valence-corrected chi connectivity index (χ3v) is 5.36. The maximum atomic E-state index is 12.2. The van der Waals surface area contributed by atoms with Crippen molar-refractivity contribution in [1.82, 2.24) is 5.32 Å². The van der Waals surface area contributed by atoms with Crippen LogP contribution in [0.4, 0.5) is 0 Å². The van der Waals surface area contributed by atoms with Crippen LogP contribution in [0.15, 0.2) is 59.5 Å². The number of benzene rings is 2. The monoisotopic (exact) mass is 385 g/mol. The van der Waals surface area contributed by atoms with E-state index in [2.05, 4.69) is 17.4 Å². The van der Waals surface area contributed by atoms with Gasteiger partial charge in [-0.2, -0.15) is 0 Å². The Kier molecular flexibility index (Phi) is 8.40. The van der Waals surface area contributed by atoms with Crippen molar-refractivity contribution in [3.63, 3.8) is 0 Å². The minimum Gasteiger partial charge on any atom is -0.452 e. The van der Waals surface area contributed by atoms with E-state index >= 15 is 0 Å². The van der Waals surface area contributed by atoms with Gasteiger partial charge in [0, 0.05) is 10.9 Å². The molecule has 4 nitrogen and oxygen atoms in total. The first-order valence-electron chi connectivity index (χ1n) is 9.18. The first kappa shape index (κ1) is 21.0. The summed E-state index contributed by atoms with van der Waals surface area (Å²) in [5.74, 6) is -0.459. The molecular formula is C22H27NO3S. The molecule has 5 heteroatoms. The van der Waals surface area contributed by atoms with E-state index in [4.69, 9.17) is 4.74 Å². The van der Waals surface area contributed by atoms with E-state index in [1.54, 1.807) is 6.92 Å². The molecule has 27 heavy (non-hydrogen) atoms. The van der Waals surface area contributed by atoms with E-state index in [0.717, 1.165) is 23.3 Å². The lowest BCUT2D eigenvalue weighted by molar-refractivity contribution is -0.152. The Hall–Kier alpha value is -2.27. The molecule has 0 spiro atoms. The van der Waals surface area contributed by atoms with Gasteiger partial charge < -0.3 is 10.1 Å². The summed E-state index contributed by atoms with van der Waals surface area (Å²) >= 11 is 1.42. The Morgan fingerprint density at radius 2 is 1.70 bits per heavy atom. The summed E-state index contributed by atoms with van der Waals surface area (Å²) in [5.41, 5.74) is 2.36. The minimum absolute atomic E-state index is 0.0141. The molecule has 2 rings (SSSR count). The molecule has 0 saturated heterocycles. The Labute approximate surface area is 165 Å². The smallest absolute Gasteiger partial charge is 0.317 e. The van der Waals surface area contributed by atoms with Crippen LogP contribution in [-0.4, -0.2) is 29.8 Å². The molecule has 0 aromatic heterocycles. The lowest BCUT2D eigenvalue weighted by Crippen LogP contribution is -2.41. The number of ether oxygens (including phenoxy) is 1. The van der Waals surface area contributed by atoms with Crippen molar-refractivity contribution in [2.45, 2.75) is 50.7 Å². The fourth-order valence-electron chi connectivity index (χ4n) is 2.60. The number of aryl methyl sites for hydroxylation is 2. The van der Waals surface area contributed by atoms with Crippen LogP contribution >= 0.6 is 11.8 Å². The number of nitrogens with one attached hydrogen (secondary N) is 1. The molecule has 2 aromatic rings. The van der Waals surface area contributed by atoms with Gasteiger partial charge in [0.05, 0.1) is 5.75 Å². The lowest BCUT2D eigenvalue weighted by atomic mass is 10.1. The largest absolute Gasteiger partial charge is 0.452 e. The predicted octanol–water partition coefficient (Wildman–Crippen LogP) is 4.16. The molecule has 2 atom stereocenters. The van der Waals surface area contributed by atoms with Gasteiger partial charge in [-0.05, 0) is 50.8 Å². The molecule has 0 aliphatic carbocycles. The second-order valence-electron chi connectivity index (χ2n) is 6.62. The SMILES string of the molecule is Cc1ccccc1SCC(=O)O[C@@H](C)C(=O)N[C@H](C)CCc1ccccc1. The number of esters is 1. The highest BCUT2D eigenvalue weighted by atomic mass is 32.2. The molecule has 0 radical (unpaired) electrons. The highest BCUT2D eigenvalue weighted by Crippen LogP contribution is 2.21. The number of amides is 1. The van der Waals surface area contributed by atoms with Gasteiger partial charge in [-0.25, -0.2) is 0 Å². The standard InChI is InChI=1S/C22H27NO3S/c1-16-9-7-8-12-20(16)27-15-21(24)26-18(3)22(25)23-17(2)13-14-19-10-5-4-6-11-19/h4-12,17-18H,13-15H2,1-3H3,(H,23,25)/t17-,18+/m1/s1. The van der Waals surface area contributed by atoms with Crippen LogP contribution in [0.2, 0.25) is 0 Å². The molecule has 1 amide bonds. The summed E-state index contributed by atoms with van der Waals surface area (Å²) in [7, 11) is 0. The van der Waals surface area contributed by atoms with Crippen molar-refractivity contribution in [3.05, 3.63) is 65.7 Å². The molecule has 0 aliphatic heterocycles. The van der Waals surface area contributed by atoms with Crippen LogP contribution < -0.4 is 5.32 Å². The predicted molar refractivity (Wildman–Crippen MR) is 110 cm³/mol. The van der Waals surface area contributed by atoms with E-state index in [0.29, 0.717) is 0 Å². The van der Waals surface area contributed by atoms with Crippen molar-refractivity contribution in [1.29, 1.82) is 0 Å². The Morgan fingerprint density at radius 3 is 2.41 bits per heavy atom. The summed E-state index contributed by atoms with van der Waals surface area (Å²) in [6, 6.07) is 18.0. The fraction of sp³-hybridized carbons (Fsp3) is 0.364. The summed E-state index contributed by atoms with van der Waals surface area (Å²) in [6.07, 6.45) is 0.928. The summed E-state index contributed by atoms with van der Waals surface area (Å²) in [4.78, 5) is 25.3. The lowest BCUT2D eigenvalue weighted by Gasteiger charge is -2.18. The van der Waals surface area contributed by atoms with E-state index in [-0.39, 0.29) is 23.7 Å². The molecule has 2 aromatic carbocycles. The molecule has 144 valence electrons. The minimum atomic E-state index is -0.797. The van der Waals surface area contributed by atoms with Crippen LogP contribution in [0, 0.1) is 6.92 Å². The van der Waals surface area contributed by atoms with Gasteiger partial charge in [-0.3, -0.25) is 9.59 Å². The second-order valence-corrected chi connectivity index (χ2v) is 7.64. The van der Waals surface area contributed by atoms with Gasteiger partial charge in [0.1, 0.15) is 0 Å². The highest BCUT2D eigenvalue weighted by Gasteiger charge is 2.19. The summed E-state index contributed by atoms with van der Waals surface area (Å²) in [6.45, 7) is 5.57. The number of hydrogen-bond acceptors (Lipinski definition) is 4. The van der Waals surface area contributed by atoms with Crippen LogP contribution in [0.25, 0.3) is 0 Å². The Morgan fingerprint density at radius 1 is 1.04 bits per heavy atom. The van der Waals surface area contributed by atoms with Gasteiger partial charge in [-0.15, -0.1) is 11.8 Å². The van der Waals surface area contributed by atoms with E-state index in [9.17, 15) is 9.59 Å². The van der Waals surface area contributed by atoms with Crippen molar-refractivity contribution < 1.29 is 14.3 Å². The van der Waals surface area contributed by atoms with E-state index in [1.807, 2.05) is 56.3 Å². The zero-order valence-corrected chi connectivity index (χ0v) is 16.9. The maximum Gasteiger partial charge on any atom is 0.317 e. The quantitative estimate of drug-likeness (QED) is 0.520. The first-order chi connectivity index (χ1) is 13.0. The van der Waals surface area contributed by atoms with Crippen molar-refractivity contribution in [3.8, 4) is 0 Å². The maximum absolute atomic E-state index is 12.2. The zero-order chi connectivity index (χ0) is 19.6. The average molecular weight is 386 g/mol. The molecule has 0 unspecified atom stereocenters. The Bertz CT molecular complexity index is 748. The van der Waals surface area contributed by atoms with Crippen molar-refractivity contribution in [2.75, 3.05) is 5.75 Å². The molecule has 0 heterocycles. The summed E-state index contributed by atoms with van der Waals surface area (Å²) < 4.78 is 5.27. The summed E-state index contributed by atoms with van der Waals surface area (Å²) in [5, 5.41) is 2.92. The second kappa shape index (κ2) is 10.8. The normalized spacial score (nSPS) is 12.9. The number of rotatable bonds is 9. The van der Waals surface area contributed by atoms with E-state index in [1.165, 1.54) is 17.3 Å². The van der Waals surface area contributed by atoms with Crippen molar-refractivity contribution >= 4 is 23.6 Å². The van der Waals surface area contributed by atoms with Gasteiger partial charge in [0.25, 0.3) is 5.91 Å². The van der Waals surface area contributed by atoms with Gasteiger partial charge in [0.2, 0.25) is 0 Å². The third-order valence-electron chi connectivity index (χ3n) is 4.21. The van der Waals surface area contributed by atoms with E-state index < -0.39 is 6.10 Å². The average Bonchev–Trinajstić information content (AvgIpc) is 2.66. The molecule has 0 aliphatic rings. The molecule has 0 bridgehead atoms.